The molecule has 1 unspecified atom stereocenters. The average Bonchev–Trinajstić information content (AvgIpc) is 3.09. The van der Waals surface area contributed by atoms with E-state index in [1.54, 1.807) is 10.7 Å². The van der Waals surface area contributed by atoms with Gasteiger partial charge >= 0.3 is 0 Å². The van der Waals surface area contributed by atoms with Gasteiger partial charge < -0.3 is 4.74 Å². The summed E-state index contributed by atoms with van der Waals surface area (Å²) in [4.78, 5) is 17.4. The van der Waals surface area contributed by atoms with Gasteiger partial charge in [0.05, 0.1) is 12.8 Å². The normalized spacial score (nSPS) is 13.2. The summed E-state index contributed by atoms with van der Waals surface area (Å²) in [5.74, 6) is 1.56. The predicted octanol–water partition coefficient (Wildman–Crippen LogP) is 3.76. The van der Waals surface area contributed by atoms with E-state index in [4.69, 9.17) is 9.57 Å². The first-order valence-corrected chi connectivity index (χ1v) is 9.22. The van der Waals surface area contributed by atoms with Crippen molar-refractivity contribution in [3.8, 4) is 5.75 Å². The topological polar surface area (TPSA) is 85.9 Å². The van der Waals surface area contributed by atoms with Crippen LogP contribution in [0.4, 0.5) is 5.95 Å². The van der Waals surface area contributed by atoms with E-state index >= 15 is 0 Å². The quantitative estimate of drug-likeness (QED) is 0.380. The van der Waals surface area contributed by atoms with Crippen molar-refractivity contribution in [3.63, 3.8) is 0 Å². The van der Waals surface area contributed by atoms with Gasteiger partial charge in [0.25, 0.3) is 11.7 Å². The fourth-order valence-corrected chi connectivity index (χ4v) is 2.79. The fourth-order valence-electron chi connectivity index (χ4n) is 2.79. The summed E-state index contributed by atoms with van der Waals surface area (Å²) in [7, 11) is 1.50. The SMILES string of the molecule is CCC(Oc1ccc(C(C)(C)C)cc1)c1ccnc2nc(N=CNOC)nn12. The standard InChI is InChI=1S/C20H26N6O2/c1-6-17(28-15-9-7-14(8-10-15)20(2,3)4)16-11-12-21-19-24-18(25-26(16)19)22-13-23-27-5/h7-13,17H,6H2,1-5H3,(H,22,23,25). The highest BCUT2D eigenvalue weighted by Crippen LogP contribution is 2.28. The Bertz CT molecular complexity index is 943. The third kappa shape index (κ3) is 4.45. The van der Waals surface area contributed by atoms with Gasteiger partial charge in [0.1, 0.15) is 18.2 Å². The van der Waals surface area contributed by atoms with E-state index in [0.29, 0.717) is 5.78 Å². The van der Waals surface area contributed by atoms with Crippen LogP contribution in [0.1, 0.15) is 51.5 Å². The number of nitrogens with one attached hydrogen (secondary N) is 1. The third-order valence-electron chi connectivity index (χ3n) is 4.31. The smallest absolute Gasteiger partial charge is 0.272 e. The van der Waals surface area contributed by atoms with Gasteiger partial charge in [-0.3, -0.25) is 10.3 Å². The zero-order chi connectivity index (χ0) is 20.1. The lowest BCUT2D eigenvalue weighted by Gasteiger charge is -2.21. The van der Waals surface area contributed by atoms with Gasteiger partial charge in [0.2, 0.25) is 0 Å². The molecule has 2 aromatic heterocycles. The second kappa shape index (κ2) is 8.35. The van der Waals surface area contributed by atoms with E-state index in [2.05, 4.69) is 65.4 Å². The van der Waals surface area contributed by atoms with Crippen molar-refractivity contribution in [2.24, 2.45) is 4.99 Å². The van der Waals surface area contributed by atoms with E-state index in [-0.39, 0.29) is 17.5 Å². The first-order valence-electron chi connectivity index (χ1n) is 9.22. The molecule has 0 aliphatic rings. The highest BCUT2D eigenvalue weighted by Gasteiger charge is 2.18. The second-order valence-electron chi connectivity index (χ2n) is 7.36. The Kier molecular flexibility index (Phi) is 5.89. The highest BCUT2D eigenvalue weighted by molar-refractivity contribution is 5.57. The van der Waals surface area contributed by atoms with Crippen LogP contribution in [0.25, 0.3) is 5.78 Å². The van der Waals surface area contributed by atoms with Crippen LogP contribution in [0.2, 0.25) is 0 Å². The molecule has 3 aromatic rings. The molecule has 8 nitrogen and oxygen atoms in total. The van der Waals surface area contributed by atoms with E-state index < -0.39 is 0 Å². The van der Waals surface area contributed by atoms with E-state index in [9.17, 15) is 0 Å². The van der Waals surface area contributed by atoms with Crippen LogP contribution < -0.4 is 10.2 Å². The molecule has 1 atom stereocenters. The maximum absolute atomic E-state index is 6.25. The average molecular weight is 382 g/mol. The Balaban J connectivity index is 1.86. The molecule has 0 saturated heterocycles. The van der Waals surface area contributed by atoms with E-state index in [0.717, 1.165) is 17.9 Å². The number of aromatic nitrogens is 4. The lowest BCUT2D eigenvalue weighted by Crippen LogP contribution is -2.13. The van der Waals surface area contributed by atoms with Crippen molar-refractivity contribution in [2.45, 2.75) is 45.6 Å². The van der Waals surface area contributed by atoms with Crippen LogP contribution in [-0.2, 0) is 10.3 Å². The van der Waals surface area contributed by atoms with Gasteiger partial charge in [-0.15, -0.1) is 5.10 Å². The van der Waals surface area contributed by atoms with Gasteiger partial charge in [-0.25, -0.2) is 4.98 Å². The summed E-state index contributed by atoms with van der Waals surface area (Å²) in [6.07, 6.45) is 3.65. The summed E-state index contributed by atoms with van der Waals surface area (Å²) in [6.45, 7) is 8.65. The van der Waals surface area contributed by atoms with Crippen molar-refractivity contribution in [2.75, 3.05) is 7.11 Å². The first-order chi connectivity index (χ1) is 13.4. The van der Waals surface area contributed by atoms with Crippen molar-refractivity contribution in [3.05, 3.63) is 47.8 Å². The maximum Gasteiger partial charge on any atom is 0.272 e. The Labute approximate surface area is 164 Å². The second-order valence-corrected chi connectivity index (χ2v) is 7.36. The molecular weight excluding hydrogens is 356 g/mol. The summed E-state index contributed by atoms with van der Waals surface area (Å²) < 4.78 is 7.91. The zero-order valence-electron chi connectivity index (χ0n) is 16.9. The molecule has 8 heteroatoms. The van der Waals surface area contributed by atoms with Crippen molar-refractivity contribution in [1.29, 1.82) is 0 Å². The third-order valence-corrected chi connectivity index (χ3v) is 4.31. The molecule has 0 amide bonds. The number of hydrogen-bond acceptors (Lipinski definition) is 6. The molecular formula is C20H26N6O2. The maximum atomic E-state index is 6.25. The fraction of sp³-hybridized carbons (Fsp3) is 0.400. The summed E-state index contributed by atoms with van der Waals surface area (Å²) in [5.41, 5.74) is 4.75. The van der Waals surface area contributed by atoms with Crippen LogP contribution in [0, 0.1) is 0 Å². The molecule has 0 spiro atoms. The van der Waals surface area contributed by atoms with Crippen LogP contribution in [0.3, 0.4) is 0 Å². The van der Waals surface area contributed by atoms with Gasteiger partial charge in [-0.05, 0) is 35.6 Å². The molecule has 28 heavy (non-hydrogen) atoms. The van der Waals surface area contributed by atoms with E-state index in [1.807, 2.05) is 18.2 Å². The molecule has 0 radical (unpaired) electrons. The summed E-state index contributed by atoms with van der Waals surface area (Å²) >= 11 is 0. The molecule has 1 aromatic carbocycles. The number of hydroxylamine groups is 1. The molecule has 0 saturated carbocycles. The number of benzene rings is 1. The number of rotatable bonds is 7. The number of aliphatic imine (C=N–C) groups is 1. The molecule has 0 fully saturated rings. The minimum atomic E-state index is -0.193. The Morgan fingerprint density at radius 3 is 2.61 bits per heavy atom. The monoisotopic (exact) mass is 382 g/mol. The number of hydrogen-bond donors (Lipinski definition) is 1. The van der Waals surface area contributed by atoms with Crippen molar-refractivity contribution < 1.29 is 9.57 Å². The van der Waals surface area contributed by atoms with Crippen LogP contribution in [-0.4, -0.2) is 33.0 Å². The van der Waals surface area contributed by atoms with Gasteiger partial charge in [-0.2, -0.15) is 14.5 Å². The number of nitrogens with zero attached hydrogens (tertiary/aromatic N) is 5. The Morgan fingerprint density at radius 1 is 1.21 bits per heavy atom. The lowest BCUT2D eigenvalue weighted by molar-refractivity contribution is 0.148. The molecule has 0 aliphatic carbocycles. The van der Waals surface area contributed by atoms with Crippen LogP contribution in [0.5, 0.6) is 5.75 Å². The van der Waals surface area contributed by atoms with Gasteiger partial charge in [-0.1, -0.05) is 39.8 Å². The molecule has 1 N–H and O–H groups in total. The van der Waals surface area contributed by atoms with Gasteiger partial charge in [0, 0.05) is 6.20 Å². The summed E-state index contributed by atoms with van der Waals surface area (Å²) in [5, 5.41) is 4.41. The van der Waals surface area contributed by atoms with Crippen molar-refractivity contribution in [1.82, 2.24) is 25.1 Å². The predicted molar refractivity (Wildman–Crippen MR) is 108 cm³/mol. The highest BCUT2D eigenvalue weighted by atomic mass is 16.6. The van der Waals surface area contributed by atoms with Gasteiger partial charge in [0.15, 0.2) is 0 Å². The van der Waals surface area contributed by atoms with Crippen molar-refractivity contribution >= 4 is 18.1 Å². The first kappa shape index (κ1) is 19.8. The largest absolute Gasteiger partial charge is 0.484 e. The Hall–Kier alpha value is -3.00. The van der Waals surface area contributed by atoms with Crippen LogP contribution >= 0.6 is 0 Å². The minimum absolute atomic E-state index is 0.106. The molecule has 148 valence electrons. The molecule has 0 aliphatic heterocycles. The number of ether oxygens (including phenoxy) is 1. The Morgan fingerprint density at radius 2 is 1.96 bits per heavy atom. The van der Waals surface area contributed by atoms with E-state index in [1.165, 1.54) is 19.0 Å². The molecule has 2 heterocycles. The molecule has 3 rings (SSSR count). The zero-order valence-corrected chi connectivity index (χ0v) is 16.9. The molecule has 0 bridgehead atoms. The van der Waals surface area contributed by atoms with Crippen LogP contribution in [0.15, 0.2) is 41.5 Å². The summed E-state index contributed by atoms with van der Waals surface area (Å²) in [6, 6.07) is 10.1. The lowest BCUT2D eigenvalue weighted by atomic mass is 9.87. The minimum Gasteiger partial charge on any atom is -0.484 e. The number of fused-ring (bicyclic) bond motifs is 1.